The van der Waals surface area contributed by atoms with Gasteiger partial charge in [-0.25, -0.2) is 13.2 Å². The van der Waals surface area contributed by atoms with Gasteiger partial charge in [-0.1, -0.05) is 48.5 Å². The minimum Gasteiger partial charge on any atom is -0.477 e. The van der Waals surface area contributed by atoms with Crippen LogP contribution in [0.25, 0.3) is 10.9 Å². The number of carboxylic acid groups (broad SMARTS) is 1. The Morgan fingerprint density at radius 2 is 1.63 bits per heavy atom. The van der Waals surface area contributed by atoms with Crippen molar-refractivity contribution in [1.82, 2.24) is 9.29 Å². The van der Waals surface area contributed by atoms with Gasteiger partial charge in [-0.05, 0) is 11.6 Å². The molecule has 0 atom stereocenters. The molecule has 1 aromatic heterocycles. The second-order valence-electron chi connectivity index (χ2n) is 5.68. The van der Waals surface area contributed by atoms with Gasteiger partial charge in [-0.15, -0.1) is 4.72 Å². The molecule has 0 aliphatic carbocycles. The summed E-state index contributed by atoms with van der Waals surface area (Å²) in [5.74, 6) is -1.65. The predicted molar refractivity (Wildman–Crippen MR) is 90.8 cm³/mol. The molecule has 0 saturated heterocycles. The highest BCUT2D eigenvalue weighted by atomic mass is 32.2. The molecule has 0 aliphatic heterocycles. The third-order valence-electron chi connectivity index (χ3n) is 3.83. The minimum atomic E-state index is -5.24. The smallest absolute Gasteiger partial charge is 0.470 e. The van der Waals surface area contributed by atoms with Crippen molar-refractivity contribution in [2.45, 2.75) is 17.7 Å². The van der Waals surface area contributed by atoms with Crippen LogP contribution in [-0.2, 0) is 16.6 Å². The normalized spacial score (nSPS) is 12.4. The molecule has 0 fully saturated rings. The van der Waals surface area contributed by atoms with Crippen LogP contribution in [0.5, 0.6) is 0 Å². The molecule has 0 aliphatic rings. The zero-order chi connectivity index (χ0) is 19.8. The number of hydrogen-bond donors (Lipinski definition) is 2. The molecule has 6 nitrogen and oxygen atoms in total. The summed E-state index contributed by atoms with van der Waals surface area (Å²) in [7, 11) is -5.17. The third kappa shape index (κ3) is 3.81. The van der Waals surface area contributed by atoms with Gasteiger partial charge in [0, 0.05) is 11.9 Å². The molecule has 0 bridgehead atoms. The SMILES string of the molecule is O=C(O)c1c(S(=O)(=O)NC(F)(F)F)c2ccccc2n1Cc1ccccc1. The predicted octanol–water partition coefficient (Wildman–Crippen LogP) is 3.19. The number of fused-ring (bicyclic) bond motifs is 1. The van der Waals surface area contributed by atoms with E-state index < -0.39 is 32.9 Å². The lowest BCUT2D eigenvalue weighted by Gasteiger charge is -2.11. The molecule has 2 N–H and O–H groups in total. The first kappa shape index (κ1) is 18.9. The fraction of sp³-hybridized carbons (Fsp3) is 0.118. The molecule has 0 spiro atoms. The Morgan fingerprint density at radius 1 is 1.04 bits per heavy atom. The average Bonchev–Trinajstić information content (AvgIpc) is 2.89. The number of aromatic carboxylic acids is 1. The molecular formula is C17H13F3N2O4S. The van der Waals surface area contributed by atoms with E-state index in [0.29, 0.717) is 10.3 Å². The lowest BCUT2D eigenvalue weighted by atomic mass is 10.2. The zero-order valence-corrected chi connectivity index (χ0v) is 14.4. The summed E-state index contributed by atoms with van der Waals surface area (Å²) in [6.45, 7) is -0.0233. The maximum Gasteiger partial charge on any atom is 0.470 e. The second-order valence-corrected chi connectivity index (χ2v) is 7.29. The van der Waals surface area contributed by atoms with E-state index in [1.165, 1.54) is 22.8 Å². The zero-order valence-electron chi connectivity index (χ0n) is 13.6. The fourth-order valence-electron chi connectivity index (χ4n) is 2.89. The van der Waals surface area contributed by atoms with Crippen molar-refractivity contribution in [3.8, 4) is 0 Å². The number of carboxylic acids is 1. The summed E-state index contributed by atoms with van der Waals surface area (Å²) in [5, 5.41) is 9.48. The van der Waals surface area contributed by atoms with Gasteiger partial charge >= 0.3 is 12.3 Å². The van der Waals surface area contributed by atoms with Crippen LogP contribution in [0, 0.1) is 0 Å². The van der Waals surface area contributed by atoms with Crippen molar-refractivity contribution >= 4 is 26.9 Å². The monoisotopic (exact) mass is 398 g/mol. The molecule has 0 saturated carbocycles. The highest BCUT2D eigenvalue weighted by Gasteiger charge is 2.39. The number of nitrogens with zero attached hydrogens (tertiary/aromatic N) is 1. The van der Waals surface area contributed by atoms with Crippen LogP contribution in [0.4, 0.5) is 13.2 Å². The van der Waals surface area contributed by atoms with Gasteiger partial charge in [0.15, 0.2) is 0 Å². The first-order valence-electron chi connectivity index (χ1n) is 7.59. The number of alkyl halides is 3. The van der Waals surface area contributed by atoms with Crippen LogP contribution in [0.1, 0.15) is 16.1 Å². The molecule has 0 amide bonds. The van der Waals surface area contributed by atoms with Gasteiger partial charge in [0.1, 0.15) is 10.6 Å². The first-order chi connectivity index (χ1) is 12.6. The third-order valence-corrected chi connectivity index (χ3v) is 5.28. The number of benzene rings is 2. The van der Waals surface area contributed by atoms with Gasteiger partial charge < -0.3 is 9.67 Å². The molecule has 10 heteroatoms. The van der Waals surface area contributed by atoms with E-state index in [9.17, 15) is 31.5 Å². The topological polar surface area (TPSA) is 88.4 Å². The average molecular weight is 398 g/mol. The van der Waals surface area contributed by atoms with Gasteiger partial charge in [0.05, 0.1) is 5.52 Å². The van der Waals surface area contributed by atoms with E-state index in [1.807, 2.05) is 0 Å². The van der Waals surface area contributed by atoms with Crippen molar-refractivity contribution in [2.24, 2.45) is 0 Å². The van der Waals surface area contributed by atoms with Crippen LogP contribution < -0.4 is 4.72 Å². The number of para-hydroxylation sites is 1. The molecule has 142 valence electrons. The number of aromatic nitrogens is 1. The Hall–Kier alpha value is -2.85. The Morgan fingerprint density at radius 3 is 2.22 bits per heavy atom. The highest BCUT2D eigenvalue weighted by Crippen LogP contribution is 2.32. The Kier molecular flexibility index (Phi) is 4.70. The van der Waals surface area contributed by atoms with E-state index >= 15 is 0 Å². The van der Waals surface area contributed by atoms with Crippen molar-refractivity contribution in [3.63, 3.8) is 0 Å². The summed E-state index contributed by atoms with van der Waals surface area (Å²) in [4.78, 5) is 10.9. The van der Waals surface area contributed by atoms with Crippen LogP contribution in [0.3, 0.4) is 0 Å². The van der Waals surface area contributed by atoms with Crippen molar-refractivity contribution in [2.75, 3.05) is 0 Å². The number of hydrogen-bond acceptors (Lipinski definition) is 3. The standard InChI is InChI=1S/C17H13F3N2O4S/c18-17(19,20)21-27(25,26)15-12-8-4-5-9-13(12)22(14(15)16(23)24)10-11-6-2-1-3-7-11/h1-9,21H,10H2,(H,23,24). The van der Waals surface area contributed by atoms with E-state index in [2.05, 4.69) is 0 Å². The van der Waals surface area contributed by atoms with E-state index in [4.69, 9.17) is 0 Å². The largest absolute Gasteiger partial charge is 0.477 e. The summed E-state index contributed by atoms with van der Waals surface area (Å²) in [6, 6.07) is 14.3. The Bertz CT molecular complexity index is 1110. The maximum absolute atomic E-state index is 12.7. The highest BCUT2D eigenvalue weighted by molar-refractivity contribution is 7.89. The fourth-order valence-corrected chi connectivity index (χ4v) is 4.21. The van der Waals surface area contributed by atoms with Gasteiger partial charge in [0.2, 0.25) is 0 Å². The number of halogens is 3. The van der Waals surface area contributed by atoms with Crippen molar-refractivity contribution < 1.29 is 31.5 Å². The van der Waals surface area contributed by atoms with Crippen LogP contribution >= 0.6 is 0 Å². The Labute approximate surface area is 151 Å². The lowest BCUT2D eigenvalue weighted by Crippen LogP contribution is -2.37. The van der Waals surface area contributed by atoms with Crippen LogP contribution in [-0.4, -0.2) is 30.4 Å². The number of carbonyl (C=O) groups is 1. The minimum absolute atomic E-state index is 0.0233. The van der Waals surface area contributed by atoms with Gasteiger partial charge in [-0.3, -0.25) is 0 Å². The Balaban J connectivity index is 2.31. The quantitative estimate of drug-likeness (QED) is 0.646. The molecule has 1 heterocycles. The van der Waals surface area contributed by atoms with Gasteiger partial charge in [0.25, 0.3) is 10.0 Å². The molecular weight excluding hydrogens is 385 g/mol. The molecule has 0 unspecified atom stereocenters. The van der Waals surface area contributed by atoms with Crippen LogP contribution in [0.2, 0.25) is 0 Å². The van der Waals surface area contributed by atoms with Crippen molar-refractivity contribution in [3.05, 3.63) is 65.9 Å². The van der Waals surface area contributed by atoms with E-state index in [0.717, 1.165) is 0 Å². The maximum atomic E-state index is 12.7. The van der Waals surface area contributed by atoms with Crippen molar-refractivity contribution in [1.29, 1.82) is 0 Å². The summed E-state index contributed by atoms with van der Waals surface area (Å²) < 4.78 is 64.5. The van der Waals surface area contributed by atoms with Gasteiger partial charge in [-0.2, -0.15) is 13.2 Å². The summed E-state index contributed by atoms with van der Waals surface area (Å²) in [5.41, 5.74) is 0.117. The van der Waals surface area contributed by atoms with Crippen LogP contribution in [0.15, 0.2) is 59.5 Å². The molecule has 2 aromatic carbocycles. The molecule has 27 heavy (non-hydrogen) atoms. The molecule has 3 rings (SSSR count). The number of nitrogens with one attached hydrogen (secondary N) is 1. The first-order valence-corrected chi connectivity index (χ1v) is 9.07. The second kappa shape index (κ2) is 6.71. The number of sulfonamides is 1. The molecule has 3 aromatic rings. The summed E-state index contributed by atoms with van der Waals surface area (Å²) in [6.07, 6.45) is -5.24. The van der Waals surface area contributed by atoms with E-state index in [-0.39, 0.29) is 17.4 Å². The molecule has 0 radical (unpaired) electrons. The lowest BCUT2D eigenvalue weighted by molar-refractivity contribution is -0.138. The van der Waals surface area contributed by atoms with E-state index in [1.54, 1.807) is 36.4 Å². The summed E-state index contributed by atoms with van der Waals surface area (Å²) >= 11 is 0. The number of rotatable bonds is 5.